The van der Waals surface area contributed by atoms with Crippen LogP contribution in [0.5, 0.6) is 0 Å². The van der Waals surface area contributed by atoms with E-state index in [1.165, 1.54) is 11.1 Å². The normalized spacial score (nSPS) is 12.7. The number of furan rings is 1. The number of hydrogen-bond acceptors (Lipinski definition) is 2. The van der Waals surface area contributed by atoms with Gasteiger partial charge in [-0.1, -0.05) is 17.7 Å². The van der Waals surface area contributed by atoms with E-state index in [2.05, 4.69) is 31.3 Å². The van der Waals surface area contributed by atoms with Crippen LogP contribution in [0.15, 0.2) is 22.6 Å². The van der Waals surface area contributed by atoms with Crippen LogP contribution < -0.4 is 5.32 Å². The van der Waals surface area contributed by atoms with Crippen molar-refractivity contribution in [2.75, 3.05) is 7.05 Å². The molecule has 0 saturated carbocycles. The molecule has 102 valence electrons. The lowest BCUT2D eigenvalue weighted by atomic mass is 9.95. The summed E-state index contributed by atoms with van der Waals surface area (Å²) < 4.78 is 5.63. The number of rotatable bonds is 3. The Morgan fingerprint density at radius 2 is 1.63 bits per heavy atom. The molecule has 1 unspecified atom stereocenters. The van der Waals surface area contributed by atoms with Crippen molar-refractivity contribution in [3.05, 3.63) is 57.0 Å². The minimum Gasteiger partial charge on any atom is -0.466 e. The predicted octanol–water partition coefficient (Wildman–Crippen LogP) is 4.48. The third kappa shape index (κ3) is 2.70. The molecule has 2 aromatic rings. The topological polar surface area (TPSA) is 25.2 Å². The molecule has 0 amide bonds. The van der Waals surface area contributed by atoms with E-state index < -0.39 is 0 Å². The third-order valence-electron chi connectivity index (χ3n) is 3.60. The van der Waals surface area contributed by atoms with Crippen LogP contribution in [0.4, 0.5) is 0 Å². The first-order valence-electron chi connectivity index (χ1n) is 6.45. The summed E-state index contributed by atoms with van der Waals surface area (Å²) in [5, 5.41) is 4.12. The zero-order valence-electron chi connectivity index (χ0n) is 12.1. The molecule has 2 rings (SSSR count). The van der Waals surface area contributed by atoms with Gasteiger partial charge in [-0.25, -0.2) is 0 Å². The Hall–Kier alpha value is -1.25. The van der Waals surface area contributed by atoms with E-state index >= 15 is 0 Å². The minimum absolute atomic E-state index is 0.0595. The number of aryl methyl sites for hydroxylation is 4. The molecular weight excluding hydrogens is 258 g/mol. The summed E-state index contributed by atoms with van der Waals surface area (Å²) >= 11 is 6.41. The van der Waals surface area contributed by atoms with Crippen LogP contribution in [0.2, 0.25) is 5.02 Å². The van der Waals surface area contributed by atoms with Crippen LogP contribution >= 0.6 is 11.6 Å². The Morgan fingerprint density at radius 1 is 1.00 bits per heavy atom. The molecule has 1 heterocycles. The Kier molecular flexibility index (Phi) is 4.02. The van der Waals surface area contributed by atoms with Crippen LogP contribution in [0, 0.1) is 27.7 Å². The minimum atomic E-state index is 0.0595. The van der Waals surface area contributed by atoms with Gasteiger partial charge < -0.3 is 9.73 Å². The van der Waals surface area contributed by atoms with Crippen LogP contribution in [0.3, 0.4) is 0 Å². The zero-order valence-corrected chi connectivity index (χ0v) is 12.9. The first-order valence-corrected chi connectivity index (χ1v) is 6.82. The van der Waals surface area contributed by atoms with Crippen molar-refractivity contribution < 1.29 is 4.42 Å². The van der Waals surface area contributed by atoms with Crippen molar-refractivity contribution in [1.82, 2.24) is 5.32 Å². The summed E-state index contributed by atoms with van der Waals surface area (Å²) in [6.07, 6.45) is 0. The van der Waals surface area contributed by atoms with Gasteiger partial charge in [0.05, 0.1) is 6.04 Å². The van der Waals surface area contributed by atoms with Crippen LogP contribution in [0.1, 0.15) is 39.8 Å². The Balaban J connectivity index is 2.54. The first-order chi connectivity index (χ1) is 8.93. The molecule has 0 saturated heterocycles. The smallest absolute Gasteiger partial charge is 0.106 e. The summed E-state index contributed by atoms with van der Waals surface area (Å²) in [6.45, 7) is 8.13. The molecule has 2 nitrogen and oxygen atoms in total. The molecule has 19 heavy (non-hydrogen) atoms. The van der Waals surface area contributed by atoms with Crippen molar-refractivity contribution in [2.45, 2.75) is 33.7 Å². The van der Waals surface area contributed by atoms with E-state index in [9.17, 15) is 0 Å². The lowest BCUT2D eigenvalue weighted by molar-refractivity contribution is 0.497. The summed E-state index contributed by atoms with van der Waals surface area (Å²) in [5.41, 5.74) is 4.70. The molecule has 0 radical (unpaired) electrons. The zero-order chi connectivity index (χ0) is 14.2. The van der Waals surface area contributed by atoms with Crippen LogP contribution in [-0.4, -0.2) is 7.05 Å². The molecule has 0 aliphatic heterocycles. The van der Waals surface area contributed by atoms with Crippen molar-refractivity contribution in [2.24, 2.45) is 0 Å². The van der Waals surface area contributed by atoms with Gasteiger partial charge in [-0.2, -0.15) is 0 Å². The Morgan fingerprint density at radius 3 is 2.16 bits per heavy atom. The molecule has 1 aromatic carbocycles. The van der Waals surface area contributed by atoms with Gasteiger partial charge in [0.2, 0.25) is 0 Å². The number of benzene rings is 1. The van der Waals surface area contributed by atoms with E-state index in [0.29, 0.717) is 0 Å². The van der Waals surface area contributed by atoms with Gasteiger partial charge in [0.1, 0.15) is 11.5 Å². The van der Waals surface area contributed by atoms with Crippen LogP contribution in [0.25, 0.3) is 0 Å². The van der Waals surface area contributed by atoms with Gasteiger partial charge in [-0.05, 0) is 63.6 Å². The Bertz CT molecular complexity index is 601. The quantitative estimate of drug-likeness (QED) is 0.895. The number of hydrogen-bond donors (Lipinski definition) is 1. The fourth-order valence-corrected chi connectivity index (χ4v) is 2.77. The highest BCUT2D eigenvalue weighted by Crippen LogP contribution is 2.33. The molecule has 1 N–H and O–H groups in total. The average Bonchev–Trinajstić information content (AvgIpc) is 2.66. The van der Waals surface area contributed by atoms with Crippen molar-refractivity contribution in [1.29, 1.82) is 0 Å². The van der Waals surface area contributed by atoms with Crippen molar-refractivity contribution >= 4 is 11.6 Å². The summed E-state index contributed by atoms with van der Waals surface area (Å²) in [4.78, 5) is 0. The first kappa shape index (κ1) is 14.2. The van der Waals surface area contributed by atoms with E-state index in [4.69, 9.17) is 16.0 Å². The largest absolute Gasteiger partial charge is 0.466 e. The SMILES string of the molecule is CNC(c1cc(C)c(C)cc1Cl)c1cc(C)oc1C. The maximum absolute atomic E-state index is 6.41. The molecule has 3 heteroatoms. The van der Waals surface area contributed by atoms with E-state index in [-0.39, 0.29) is 6.04 Å². The summed E-state index contributed by atoms with van der Waals surface area (Å²) in [5.74, 6) is 1.86. The molecule has 1 atom stereocenters. The van der Waals surface area contributed by atoms with Gasteiger partial charge in [0.15, 0.2) is 0 Å². The maximum Gasteiger partial charge on any atom is 0.106 e. The second kappa shape index (κ2) is 5.40. The van der Waals surface area contributed by atoms with Gasteiger partial charge >= 0.3 is 0 Å². The summed E-state index contributed by atoms with van der Waals surface area (Å²) in [7, 11) is 1.94. The highest BCUT2D eigenvalue weighted by Gasteiger charge is 2.20. The molecule has 0 aliphatic rings. The second-order valence-electron chi connectivity index (χ2n) is 5.05. The standard InChI is InChI=1S/C16H20ClNO/c1-9-6-14(15(17)7-10(9)2)16(18-5)13-8-11(3)19-12(13)4/h6-8,16,18H,1-5H3. The second-order valence-corrected chi connectivity index (χ2v) is 5.46. The van der Waals surface area contributed by atoms with Gasteiger partial charge in [0, 0.05) is 10.6 Å². The third-order valence-corrected chi connectivity index (χ3v) is 3.93. The van der Waals surface area contributed by atoms with E-state index in [0.717, 1.165) is 27.7 Å². The predicted molar refractivity (Wildman–Crippen MR) is 80.0 cm³/mol. The highest BCUT2D eigenvalue weighted by atomic mass is 35.5. The Labute approximate surface area is 119 Å². The fraction of sp³-hybridized carbons (Fsp3) is 0.375. The molecular formula is C16H20ClNO. The lowest BCUT2D eigenvalue weighted by Crippen LogP contribution is -2.18. The fourth-order valence-electron chi connectivity index (χ4n) is 2.44. The molecule has 0 fully saturated rings. The number of nitrogens with one attached hydrogen (secondary N) is 1. The van der Waals surface area contributed by atoms with Gasteiger partial charge in [-0.15, -0.1) is 0 Å². The lowest BCUT2D eigenvalue weighted by Gasteiger charge is -2.19. The highest BCUT2D eigenvalue weighted by molar-refractivity contribution is 6.31. The molecule has 0 spiro atoms. The number of halogens is 1. The molecule has 0 aliphatic carbocycles. The summed E-state index contributed by atoms with van der Waals surface area (Å²) in [6, 6.07) is 6.31. The van der Waals surface area contributed by atoms with Crippen molar-refractivity contribution in [3.8, 4) is 0 Å². The monoisotopic (exact) mass is 277 g/mol. The van der Waals surface area contributed by atoms with Crippen molar-refractivity contribution in [3.63, 3.8) is 0 Å². The molecule has 0 bridgehead atoms. The molecule has 1 aromatic heterocycles. The van der Waals surface area contributed by atoms with E-state index in [1.54, 1.807) is 0 Å². The van der Waals surface area contributed by atoms with Crippen LogP contribution in [-0.2, 0) is 0 Å². The van der Waals surface area contributed by atoms with E-state index in [1.807, 2.05) is 27.0 Å². The average molecular weight is 278 g/mol. The van der Waals surface area contributed by atoms with Gasteiger partial charge in [0.25, 0.3) is 0 Å². The van der Waals surface area contributed by atoms with Gasteiger partial charge in [-0.3, -0.25) is 0 Å². The maximum atomic E-state index is 6.41.